The molecule has 2 aromatic carbocycles. The van der Waals surface area contributed by atoms with Crippen molar-refractivity contribution in [2.45, 2.75) is 13.0 Å². The van der Waals surface area contributed by atoms with E-state index in [4.69, 9.17) is 23.2 Å². The molecule has 0 aliphatic carbocycles. The Hall–Kier alpha value is -0.610. The van der Waals surface area contributed by atoms with Crippen LogP contribution in [0.4, 0.5) is 4.39 Å². The molecule has 0 aliphatic rings. The molecule has 2 aromatic rings. The molecular formula is C14H10BrCl2FO. The van der Waals surface area contributed by atoms with Crippen LogP contribution < -0.4 is 0 Å². The fourth-order valence-electron chi connectivity index (χ4n) is 1.71. The third kappa shape index (κ3) is 3.11. The van der Waals surface area contributed by atoms with Gasteiger partial charge in [-0.1, -0.05) is 35.3 Å². The predicted molar refractivity (Wildman–Crippen MR) is 79.4 cm³/mol. The lowest BCUT2D eigenvalue weighted by atomic mass is 10.00. The molecule has 1 atom stereocenters. The molecule has 2 rings (SSSR count). The number of rotatable bonds is 2. The first-order chi connectivity index (χ1) is 8.90. The van der Waals surface area contributed by atoms with Crippen molar-refractivity contribution in [3.05, 3.63) is 67.4 Å². The molecule has 1 nitrogen and oxygen atoms in total. The van der Waals surface area contributed by atoms with E-state index in [1.165, 1.54) is 12.1 Å². The highest BCUT2D eigenvalue weighted by atomic mass is 79.9. The zero-order chi connectivity index (χ0) is 14.2. The second-order valence-electron chi connectivity index (χ2n) is 4.20. The van der Waals surface area contributed by atoms with Crippen LogP contribution in [0.5, 0.6) is 0 Å². The first-order valence-electron chi connectivity index (χ1n) is 5.48. The van der Waals surface area contributed by atoms with Crippen molar-refractivity contribution in [1.82, 2.24) is 0 Å². The summed E-state index contributed by atoms with van der Waals surface area (Å²) in [5.74, 6) is -0.527. The van der Waals surface area contributed by atoms with E-state index in [-0.39, 0.29) is 5.56 Å². The van der Waals surface area contributed by atoms with Crippen molar-refractivity contribution in [3.63, 3.8) is 0 Å². The molecule has 0 radical (unpaired) electrons. The van der Waals surface area contributed by atoms with Crippen LogP contribution in [-0.4, -0.2) is 5.11 Å². The first kappa shape index (κ1) is 14.8. The second-order valence-corrected chi connectivity index (χ2v) is 5.87. The van der Waals surface area contributed by atoms with E-state index in [9.17, 15) is 9.50 Å². The maximum Gasteiger partial charge on any atom is 0.130 e. The van der Waals surface area contributed by atoms with Crippen LogP contribution in [0.15, 0.2) is 34.8 Å². The molecule has 0 saturated heterocycles. The Balaban J connectivity index is 2.46. The highest BCUT2D eigenvalue weighted by Crippen LogP contribution is 2.32. The molecule has 0 heterocycles. The minimum absolute atomic E-state index is 0.119. The van der Waals surface area contributed by atoms with Crippen molar-refractivity contribution >= 4 is 39.1 Å². The highest BCUT2D eigenvalue weighted by molar-refractivity contribution is 9.10. The number of benzene rings is 2. The Kier molecular flexibility index (Phi) is 4.51. The molecule has 1 N–H and O–H groups in total. The fourth-order valence-corrected chi connectivity index (χ4v) is 2.38. The number of hydrogen-bond acceptors (Lipinski definition) is 1. The number of aryl methyl sites for hydroxylation is 1. The summed E-state index contributed by atoms with van der Waals surface area (Å²) in [6.07, 6.45) is -1.11. The van der Waals surface area contributed by atoms with Gasteiger partial charge in [0.1, 0.15) is 11.9 Å². The molecule has 0 bridgehead atoms. The topological polar surface area (TPSA) is 20.2 Å². The van der Waals surface area contributed by atoms with Gasteiger partial charge in [0, 0.05) is 15.1 Å². The SMILES string of the molecule is Cc1ccc(C(O)c2cc(Cl)c(Br)cc2F)cc1Cl. The van der Waals surface area contributed by atoms with Crippen LogP contribution >= 0.6 is 39.1 Å². The zero-order valence-corrected chi connectivity index (χ0v) is 13.0. The molecular weight excluding hydrogens is 354 g/mol. The number of hydrogen-bond donors (Lipinski definition) is 1. The Bertz CT molecular complexity index is 631. The highest BCUT2D eigenvalue weighted by Gasteiger charge is 2.17. The number of aliphatic hydroxyl groups is 1. The molecule has 0 aliphatic heterocycles. The third-order valence-corrected chi connectivity index (χ3v) is 4.45. The molecule has 100 valence electrons. The molecule has 1 unspecified atom stereocenters. The van der Waals surface area contributed by atoms with Gasteiger partial charge in [0.05, 0.1) is 5.02 Å². The van der Waals surface area contributed by atoms with Gasteiger partial charge in [-0.2, -0.15) is 0 Å². The van der Waals surface area contributed by atoms with Crippen molar-refractivity contribution < 1.29 is 9.50 Å². The molecule has 0 amide bonds. The summed E-state index contributed by atoms with van der Waals surface area (Å²) in [6, 6.07) is 7.74. The lowest BCUT2D eigenvalue weighted by Gasteiger charge is -2.14. The van der Waals surface area contributed by atoms with E-state index in [1.54, 1.807) is 18.2 Å². The van der Waals surface area contributed by atoms with Gasteiger partial charge < -0.3 is 5.11 Å². The van der Waals surface area contributed by atoms with Gasteiger partial charge in [-0.05, 0) is 52.2 Å². The fraction of sp³-hybridized carbons (Fsp3) is 0.143. The van der Waals surface area contributed by atoms with E-state index in [2.05, 4.69) is 15.9 Å². The summed E-state index contributed by atoms with van der Waals surface area (Å²) in [7, 11) is 0. The first-order valence-corrected chi connectivity index (χ1v) is 7.03. The molecule has 0 saturated carbocycles. The summed E-state index contributed by atoms with van der Waals surface area (Å²) >= 11 is 15.1. The van der Waals surface area contributed by atoms with E-state index >= 15 is 0 Å². The summed E-state index contributed by atoms with van der Waals surface area (Å²) in [5.41, 5.74) is 1.54. The van der Waals surface area contributed by atoms with Gasteiger partial charge in [0.2, 0.25) is 0 Å². The second kappa shape index (κ2) is 5.80. The van der Waals surface area contributed by atoms with Crippen LogP contribution in [0.1, 0.15) is 22.8 Å². The van der Waals surface area contributed by atoms with Crippen molar-refractivity contribution in [2.75, 3.05) is 0 Å². The van der Waals surface area contributed by atoms with Gasteiger partial charge in [0.15, 0.2) is 0 Å². The average Bonchev–Trinajstić information content (AvgIpc) is 2.36. The largest absolute Gasteiger partial charge is 0.384 e. The quantitative estimate of drug-likeness (QED) is 0.719. The third-order valence-electron chi connectivity index (χ3n) is 2.85. The summed E-state index contributed by atoms with van der Waals surface area (Å²) in [4.78, 5) is 0. The standard InChI is InChI=1S/C14H10BrCl2FO/c1-7-2-3-8(4-11(7)16)14(19)9-5-12(17)10(15)6-13(9)18/h2-6,14,19H,1H3. The maximum absolute atomic E-state index is 13.9. The van der Waals surface area contributed by atoms with Gasteiger partial charge in [-0.25, -0.2) is 4.39 Å². The maximum atomic E-state index is 13.9. The summed E-state index contributed by atoms with van der Waals surface area (Å²) in [6.45, 7) is 1.86. The summed E-state index contributed by atoms with van der Waals surface area (Å²) < 4.78 is 14.3. The van der Waals surface area contributed by atoms with Crippen LogP contribution in [0.2, 0.25) is 10.0 Å². The van der Waals surface area contributed by atoms with Crippen LogP contribution in [-0.2, 0) is 0 Å². The van der Waals surface area contributed by atoms with Crippen molar-refractivity contribution in [1.29, 1.82) is 0 Å². The molecule has 5 heteroatoms. The van der Waals surface area contributed by atoms with Crippen LogP contribution in [0, 0.1) is 12.7 Å². The van der Waals surface area contributed by atoms with Crippen LogP contribution in [0.3, 0.4) is 0 Å². The monoisotopic (exact) mass is 362 g/mol. The minimum Gasteiger partial charge on any atom is -0.384 e. The predicted octanol–water partition coefficient (Wildman–Crippen LogP) is 5.29. The molecule has 0 spiro atoms. The molecule has 19 heavy (non-hydrogen) atoms. The molecule has 0 fully saturated rings. The van der Waals surface area contributed by atoms with Crippen molar-refractivity contribution in [3.8, 4) is 0 Å². The van der Waals surface area contributed by atoms with E-state index in [0.717, 1.165) is 5.56 Å². The van der Waals surface area contributed by atoms with Crippen molar-refractivity contribution in [2.24, 2.45) is 0 Å². The van der Waals surface area contributed by atoms with Gasteiger partial charge >= 0.3 is 0 Å². The van der Waals surface area contributed by atoms with E-state index in [0.29, 0.717) is 20.1 Å². The average molecular weight is 364 g/mol. The smallest absolute Gasteiger partial charge is 0.130 e. The van der Waals surface area contributed by atoms with Gasteiger partial charge in [-0.15, -0.1) is 0 Å². The Morgan fingerprint density at radius 3 is 2.47 bits per heavy atom. The molecule has 0 aromatic heterocycles. The van der Waals surface area contributed by atoms with Gasteiger partial charge in [0.25, 0.3) is 0 Å². The lowest BCUT2D eigenvalue weighted by molar-refractivity contribution is 0.215. The number of halogens is 4. The van der Waals surface area contributed by atoms with E-state index < -0.39 is 11.9 Å². The Labute approximate surface area is 129 Å². The lowest BCUT2D eigenvalue weighted by Crippen LogP contribution is -2.03. The number of aliphatic hydroxyl groups excluding tert-OH is 1. The minimum atomic E-state index is -1.11. The Morgan fingerprint density at radius 1 is 1.16 bits per heavy atom. The normalized spacial score (nSPS) is 12.5. The van der Waals surface area contributed by atoms with Crippen LogP contribution in [0.25, 0.3) is 0 Å². The van der Waals surface area contributed by atoms with E-state index in [1.807, 2.05) is 6.92 Å². The summed E-state index contributed by atoms with van der Waals surface area (Å²) in [5, 5.41) is 11.1. The van der Waals surface area contributed by atoms with Gasteiger partial charge in [-0.3, -0.25) is 0 Å². The zero-order valence-electron chi connectivity index (χ0n) is 9.92. The Morgan fingerprint density at radius 2 is 1.84 bits per heavy atom.